The zero-order valence-corrected chi connectivity index (χ0v) is 14.4. The highest BCUT2D eigenvalue weighted by Crippen LogP contribution is 2.29. The third-order valence-corrected chi connectivity index (χ3v) is 5.47. The van der Waals surface area contributed by atoms with Gasteiger partial charge in [-0.15, -0.1) is 0 Å². The highest BCUT2D eigenvalue weighted by molar-refractivity contribution is 7.94. The molecule has 0 bridgehead atoms. The second-order valence-corrected chi connectivity index (χ2v) is 7.26. The second kappa shape index (κ2) is 6.67. The third-order valence-electron chi connectivity index (χ3n) is 4.00. The van der Waals surface area contributed by atoms with Gasteiger partial charge in [0.2, 0.25) is 0 Å². The predicted octanol–water partition coefficient (Wildman–Crippen LogP) is 2.75. The van der Waals surface area contributed by atoms with Gasteiger partial charge >= 0.3 is 0 Å². The van der Waals surface area contributed by atoms with E-state index in [0.717, 1.165) is 28.2 Å². The van der Waals surface area contributed by atoms with E-state index in [2.05, 4.69) is 5.32 Å². The molecule has 0 unspecified atom stereocenters. The van der Waals surface area contributed by atoms with Crippen LogP contribution in [-0.4, -0.2) is 22.6 Å². The average Bonchev–Trinajstić information content (AvgIpc) is 2.91. The fraction of sp³-hybridized carbons (Fsp3) is 0.222. The number of ether oxygens (including phenoxy) is 2. The number of fused-ring (bicyclic) bond motifs is 1. The molecule has 1 heterocycles. The van der Waals surface area contributed by atoms with Gasteiger partial charge in [0.05, 0.1) is 19.1 Å². The van der Waals surface area contributed by atoms with Crippen LogP contribution in [0, 0.1) is 0 Å². The Balaban J connectivity index is 1.73. The summed E-state index contributed by atoms with van der Waals surface area (Å²) < 4.78 is 34.4. The van der Waals surface area contributed by atoms with Crippen molar-refractivity contribution >= 4 is 15.9 Å². The van der Waals surface area contributed by atoms with Crippen LogP contribution in [0.15, 0.2) is 46.7 Å². The van der Waals surface area contributed by atoms with Crippen LogP contribution in [0.25, 0.3) is 6.08 Å². The Hall–Kier alpha value is -2.31. The number of rotatable bonds is 6. The van der Waals surface area contributed by atoms with Crippen molar-refractivity contribution in [2.24, 2.45) is 0 Å². The Morgan fingerprint density at radius 1 is 1.00 bits per heavy atom. The summed E-state index contributed by atoms with van der Waals surface area (Å²) in [5, 5.41) is 4.60. The summed E-state index contributed by atoms with van der Waals surface area (Å²) in [6.07, 6.45) is 1.66. The van der Waals surface area contributed by atoms with Crippen LogP contribution in [-0.2, 0) is 22.9 Å². The van der Waals surface area contributed by atoms with Gasteiger partial charge in [0.1, 0.15) is 11.5 Å². The van der Waals surface area contributed by atoms with Crippen molar-refractivity contribution in [2.45, 2.75) is 18.0 Å². The molecule has 1 aliphatic heterocycles. The zero-order chi connectivity index (χ0) is 17.2. The molecule has 0 fully saturated rings. The van der Waals surface area contributed by atoms with Crippen molar-refractivity contribution in [2.75, 3.05) is 14.2 Å². The summed E-state index contributed by atoms with van der Waals surface area (Å²) in [7, 11) is -0.0276. The van der Waals surface area contributed by atoms with Gasteiger partial charge in [0, 0.05) is 30.1 Å². The summed E-state index contributed by atoms with van der Waals surface area (Å²) in [6.45, 7) is 1.17. The Labute approximate surface area is 141 Å². The van der Waals surface area contributed by atoms with Crippen molar-refractivity contribution in [1.29, 1.82) is 0 Å². The number of methoxy groups -OCH3 is 2. The number of nitrogens with one attached hydrogen (secondary N) is 1. The van der Waals surface area contributed by atoms with Crippen LogP contribution in [0.4, 0.5) is 0 Å². The first-order chi connectivity index (χ1) is 11.5. The van der Waals surface area contributed by atoms with Gasteiger partial charge in [0.15, 0.2) is 9.84 Å². The van der Waals surface area contributed by atoms with E-state index in [-0.39, 0.29) is 0 Å². The molecule has 0 saturated heterocycles. The van der Waals surface area contributed by atoms with Crippen LogP contribution < -0.4 is 14.8 Å². The number of hydrogen-bond acceptors (Lipinski definition) is 5. The maximum Gasteiger partial charge on any atom is 0.200 e. The first-order valence-electron chi connectivity index (χ1n) is 7.52. The summed E-state index contributed by atoms with van der Waals surface area (Å²) >= 11 is 0. The lowest BCUT2D eigenvalue weighted by atomic mass is 10.1. The molecule has 3 rings (SSSR count). The Bertz CT molecular complexity index is 888. The highest BCUT2D eigenvalue weighted by atomic mass is 32.2. The first kappa shape index (κ1) is 16.5. The fourth-order valence-electron chi connectivity index (χ4n) is 2.74. The van der Waals surface area contributed by atoms with Crippen molar-refractivity contribution in [3.8, 4) is 11.5 Å². The molecule has 126 valence electrons. The van der Waals surface area contributed by atoms with Gasteiger partial charge < -0.3 is 14.8 Å². The molecule has 5 nitrogen and oxygen atoms in total. The van der Waals surface area contributed by atoms with E-state index in [4.69, 9.17) is 9.47 Å². The SMILES string of the molecule is COc1ccc(CNCc2cccc3c2C=CS3(=O)=O)c(OC)c1. The van der Waals surface area contributed by atoms with E-state index in [1.54, 1.807) is 32.4 Å². The maximum atomic E-state index is 11.9. The Morgan fingerprint density at radius 2 is 1.79 bits per heavy atom. The van der Waals surface area contributed by atoms with E-state index < -0.39 is 9.84 Å². The molecule has 0 saturated carbocycles. The quantitative estimate of drug-likeness (QED) is 0.872. The number of benzene rings is 2. The molecule has 0 amide bonds. The van der Waals surface area contributed by atoms with Crippen LogP contribution in [0.2, 0.25) is 0 Å². The molecule has 1 N–H and O–H groups in total. The normalized spacial score (nSPS) is 14.4. The molecule has 6 heteroatoms. The lowest BCUT2D eigenvalue weighted by molar-refractivity contribution is 0.390. The molecule has 0 spiro atoms. The molecule has 0 atom stereocenters. The minimum atomic E-state index is -3.27. The van der Waals surface area contributed by atoms with Crippen LogP contribution in [0.5, 0.6) is 11.5 Å². The Kier molecular flexibility index (Phi) is 4.59. The third kappa shape index (κ3) is 3.16. The van der Waals surface area contributed by atoms with E-state index >= 15 is 0 Å². The summed E-state index contributed by atoms with van der Waals surface area (Å²) in [6, 6.07) is 11.0. The van der Waals surface area contributed by atoms with Crippen molar-refractivity contribution in [3.05, 3.63) is 58.5 Å². The molecule has 2 aromatic rings. The Morgan fingerprint density at radius 3 is 2.54 bits per heavy atom. The monoisotopic (exact) mass is 345 g/mol. The van der Waals surface area contributed by atoms with E-state index in [1.807, 2.05) is 24.3 Å². The molecular formula is C18H19NO4S. The topological polar surface area (TPSA) is 64.6 Å². The summed E-state index contributed by atoms with van der Waals surface area (Å²) in [4.78, 5) is 0.379. The lowest BCUT2D eigenvalue weighted by Crippen LogP contribution is -2.14. The van der Waals surface area contributed by atoms with Crippen LogP contribution >= 0.6 is 0 Å². The van der Waals surface area contributed by atoms with E-state index in [1.165, 1.54) is 5.41 Å². The highest BCUT2D eigenvalue weighted by Gasteiger charge is 2.22. The summed E-state index contributed by atoms with van der Waals surface area (Å²) in [5.41, 5.74) is 2.73. The molecule has 1 aliphatic rings. The van der Waals surface area contributed by atoms with Crippen molar-refractivity contribution in [3.63, 3.8) is 0 Å². The minimum Gasteiger partial charge on any atom is -0.497 e. The number of sulfone groups is 1. The predicted molar refractivity (Wildman–Crippen MR) is 92.8 cm³/mol. The van der Waals surface area contributed by atoms with Crippen LogP contribution in [0.3, 0.4) is 0 Å². The van der Waals surface area contributed by atoms with Crippen molar-refractivity contribution < 1.29 is 17.9 Å². The standard InChI is InChI=1S/C18H19NO4S/c1-22-15-7-6-14(17(10-15)23-2)12-19-11-13-4-3-5-18-16(13)8-9-24(18,20)21/h3-10,19H,11-12H2,1-2H3. The second-order valence-electron chi connectivity index (χ2n) is 5.46. The molecule has 0 aromatic heterocycles. The van der Waals surface area contributed by atoms with E-state index in [9.17, 15) is 8.42 Å². The van der Waals surface area contributed by atoms with E-state index in [0.29, 0.717) is 18.0 Å². The van der Waals surface area contributed by atoms with Gasteiger partial charge in [-0.05, 0) is 29.3 Å². The number of hydrogen-bond donors (Lipinski definition) is 1. The zero-order valence-electron chi connectivity index (χ0n) is 13.6. The summed E-state index contributed by atoms with van der Waals surface area (Å²) in [5.74, 6) is 1.49. The minimum absolute atomic E-state index is 0.379. The fourth-order valence-corrected chi connectivity index (χ4v) is 3.98. The molecule has 0 radical (unpaired) electrons. The first-order valence-corrected chi connectivity index (χ1v) is 9.06. The van der Waals surface area contributed by atoms with Gasteiger partial charge in [-0.3, -0.25) is 0 Å². The van der Waals surface area contributed by atoms with Gasteiger partial charge in [0.25, 0.3) is 0 Å². The van der Waals surface area contributed by atoms with Gasteiger partial charge in [-0.25, -0.2) is 8.42 Å². The van der Waals surface area contributed by atoms with Crippen molar-refractivity contribution in [1.82, 2.24) is 5.32 Å². The smallest absolute Gasteiger partial charge is 0.200 e. The van der Waals surface area contributed by atoms with Gasteiger partial charge in [-0.2, -0.15) is 0 Å². The maximum absolute atomic E-state index is 11.9. The molecular weight excluding hydrogens is 326 g/mol. The average molecular weight is 345 g/mol. The molecule has 24 heavy (non-hydrogen) atoms. The van der Waals surface area contributed by atoms with Gasteiger partial charge in [-0.1, -0.05) is 18.2 Å². The molecule has 2 aromatic carbocycles. The largest absolute Gasteiger partial charge is 0.497 e. The van der Waals surface area contributed by atoms with Crippen LogP contribution in [0.1, 0.15) is 16.7 Å². The lowest BCUT2D eigenvalue weighted by Gasteiger charge is -2.12. The molecule has 0 aliphatic carbocycles.